The van der Waals surface area contributed by atoms with Gasteiger partial charge >= 0.3 is 0 Å². The minimum absolute atomic E-state index is 0.00292. The quantitative estimate of drug-likeness (QED) is 0.858. The van der Waals surface area contributed by atoms with E-state index in [2.05, 4.69) is 20.4 Å². The standard InChI is InChI=1S/C13H17ClN4O/c14-11-7-10(18-9-15-8-17-18)4-5-12(11)19-13-3-1-2-6-16-13/h1-3,6,8,10-12H,4-5,7,9H2,(H,15,17)/t10-,11-,12-/m0/s1. The van der Waals surface area contributed by atoms with E-state index >= 15 is 0 Å². The van der Waals surface area contributed by atoms with Crippen LogP contribution in [0.3, 0.4) is 0 Å². The Labute approximate surface area is 117 Å². The molecule has 0 spiro atoms. The molecule has 6 heteroatoms. The zero-order chi connectivity index (χ0) is 13.1. The van der Waals surface area contributed by atoms with Crippen molar-refractivity contribution < 1.29 is 4.74 Å². The molecule has 1 fully saturated rings. The maximum absolute atomic E-state index is 6.46. The molecule has 0 unspecified atom stereocenters. The Morgan fingerprint density at radius 3 is 3.00 bits per heavy atom. The number of rotatable bonds is 3. The van der Waals surface area contributed by atoms with Crippen molar-refractivity contribution in [3.63, 3.8) is 0 Å². The average Bonchev–Trinajstić information content (AvgIpc) is 2.96. The molecule has 0 saturated heterocycles. The van der Waals surface area contributed by atoms with Crippen LogP contribution in [0.5, 0.6) is 5.88 Å². The average molecular weight is 281 g/mol. The predicted octanol–water partition coefficient (Wildman–Crippen LogP) is 1.79. The molecule has 0 bridgehead atoms. The number of pyridine rings is 1. The van der Waals surface area contributed by atoms with Crippen LogP contribution in [0.4, 0.5) is 0 Å². The van der Waals surface area contributed by atoms with E-state index in [9.17, 15) is 0 Å². The van der Waals surface area contributed by atoms with Crippen molar-refractivity contribution in [2.45, 2.75) is 36.8 Å². The van der Waals surface area contributed by atoms with Gasteiger partial charge in [0.05, 0.1) is 11.7 Å². The molecule has 102 valence electrons. The maximum Gasteiger partial charge on any atom is 0.213 e. The van der Waals surface area contributed by atoms with Crippen molar-refractivity contribution in [1.82, 2.24) is 15.4 Å². The summed E-state index contributed by atoms with van der Waals surface area (Å²) in [7, 11) is 0. The van der Waals surface area contributed by atoms with E-state index in [4.69, 9.17) is 16.3 Å². The van der Waals surface area contributed by atoms with E-state index in [1.807, 2.05) is 18.2 Å². The molecule has 1 aromatic rings. The van der Waals surface area contributed by atoms with Crippen molar-refractivity contribution in [1.29, 1.82) is 0 Å². The van der Waals surface area contributed by atoms with Crippen molar-refractivity contribution in [2.24, 2.45) is 4.99 Å². The number of hydrogen-bond acceptors (Lipinski definition) is 5. The summed E-state index contributed by atoms with van der Waals surface area (Å²) in [5, 5.41) is 2.13. The van der Waals surface area contributed by atoms with Crippen molar-refractivity contribution in [2.75, 3.05) is 6.67 Å². The van der Waals surface area contributed by atoms with Crippen LogP contribution in [-0.4, -0.2) is 40.5 Å². The van der Waals surface area contributed by atoms with E-state index in [1.165, 1.54) is 0 Å². The minimum Gasteiger partial charge on any atom is -0.473 e. The molecule has 1 saturated carbocycles. The van der Waals surface area contributed by atoms with Crippen molar-refractivity contribution >= 4 is 17.9 Å². The van der Waals surface area contributed by atoms with Crippen molar-refractivity contribution in [3.05, 3.63) is 24.4 Å². The number of hydrazine groups is 1. The summed E-state index contributed by atoms with van der Waals surface area (Å²) in [5.74, 6) is 0.652. The number of aliphatic imine (C=N–C) groups is 1. The van der Waals surface area contributed by atoms with Crippen LogP contribution in [0, 0.1) is 0 Å². The molecule has 2 aliphatic rings. The Hall–Kier alpha value is -1.33. The molecule has 0 radical (unpaired) electrons. The number of nitrogens with one attached hydrogen (secondary N) is 1. The fourth-order valence-corrected chi connectivity index (χ4v) is 2.94. The summed E-state index contributed by atoms with van der Waals surface area (Å²) in [6, 6.07) is 6.09. The minimum atomic E-state index is 0.00292. The molecule has 3 rings (SSSR count). The van der Waals surface area contributed by atoms with Gasteiger partial charge in [-0.2, -0.15) is 5.01 Å². The molecule has 0 amide bonds. The molecule has 19 heavy (non-hydrogen) atoms. The normalized spacial score (nSPS) is 31.1. The Balaban J connectivity index is 1.55. The molecule has 3 atom stereocenters. The topological polar surface area (TPSA) is 49.8 Å². The lowest BCUT2D eigenvalue weighted by molar-refractivity contribution is 0.0828. The van der Waals surface area contributed by atoms with Gasteiger partial charge in [-0.25, -0.2) is 4.98 Å². The van der Waals surface area contributed by atoms with Gasteiger partial charge in [0.1, 0.15) is 12.8 Å². The summed E-state index contributed by atoms with van der Waals surface area (Å²) in [5.41, 5.74) is 3.14. The van der Waals surface area contributed by atoms with Crippen LogP contribution >= 0.6 is 11.6 Å². The Morgan fingerprint density at radius 1 is 1.37 bits per heavy atom. The highest BCUT2D eigenvalue weighted by molar-refractivity contribution is 6.21. The zero-order valence-electron chi connectivity index (χ0n) is 10.6. The highest BCUT2D eigenvalue weighted by atomic mass is 35.5. The van der Waals surface area contributed by atoms with Gasteiger partial charge < -0.3 is 10.2 Å². The highest BCUT2D eigenvalue weighted by Gasteiger charge is 2.34. The second-order valence-electron chi connectivity index (χ2n) is 4.86. The Kier molecular flexibility index (Phi) is 3.84. The molecule has 5 nitrogen and oxygen atoms in total. The van der Waals surface area contributed by atoms with Crippen molar-refractivity contribution in [3.8, 4) is 5.88 Å². The molecular formula is C13H17ClN4O. The molecule has 1 aliphatic heterocycles. The van der Waals surface area contributed by atoms with Crippen LogP contribution < -0.4 is 10.2 Å². The van der Waals surface area contributed by atoms with Crippen LogP contribution in [0.25, 0.3) is 0 Å². The van der Waals surface area contributed by atoms with E-state index in [-0.39, 0.29) is 11.5 Å². The van der Waals surface area contributed by atoms with Crippen LogP contribution in [0.1, 0.15) is 19.3 Å². The van der Waals surface area contributed by atoms with Gasteiger partial charge in [-0.1, -0.05) is 6.07 Å². The first kappa shape index (κ1) is 12.7. The van der Waals surface area contributed by atoms with Crippen LogP contribution in [0.2, 0.25) is 0 Å². The first-order valence-corrected chi connectivity index (χ1v) is 6.99. The SMILES string of the molecule is Cl[C@H]1C[C@@H](N2CN=CN2)CC[C@@H]1Oc1ccccn1. The fraction of sp³-hybridized carbons (Fsp3) is 0.538. The molecule has 1 aromatic heterocycles. The van der Waals surface area contributed by atoms with Gasteiger partial charge in [0.25, 0.3) is 0 Å². The van der Waals surface area contributed by atoms with Gasteiger partial charge in [0.15, 0.2) is 0 Å². The number of halogens is 1. The summed E-state index contributed by atoms with van der Waals surface area (Å²) in [4.78, 5) is 8.34. The summed E-state index contributed by atoms with van der Waals surface area (Å²) < 4.78 is 5.87. The van der Waals surface area contributed by atoms with E-state index < -0.39 is 0 Å². The van der Waals surface area contributed by atoms with E-state index in [1.54, 1.807) is 12.5 Å². The van der Waals surface area contributed by atoms with Gasteiger partial charge in [-0.05, 0) is 25.3 Å². The van der Waals surface area contributed by atoms with Gasteiger partial charge in [-0.3, -0.25) is 4.99 Å². The smallest absolute Gasteiger partial charge is 0.213 e. The number of ether oxygens (including phenoxy) is 1. The predicted molar refractivity (Wildman–Crippen MR) is 74.3 cm³/mol. The van der Waals surface area contributed by atoms with Crippen LogP contribution in [-0.2, 0) is 0 Å². The Bertz CT molecular complexity index is 434. The first-order chi connectivity index (χ1) is 9.33. The second kappa shape index (κ2) is 5.75. The largest absolute Gasteiger partial charge is 0.473 e. The van der Waals surface area contributed by atoms with E-state index in [0.717, 1.165) is 19.3 Å². The van der Waals surface area contributed by atoms with E-state index in [0.29, 0.717) is 18.6 Å². The summed E-state index contributed by atoms with van der Waals surface area (Å²) in [6.45, 7) is 0.708. The second-order valence-corrected chi connectivity index (χ2v) is 5.42. The molecule has 0 aromatic carbocycles. The third kappa shape index (κ3) is 2.98. The first-order valence-electron chi connectivity index (χ1n) is 6.56. The third-order valence-corrected chi connectivity index (χ3v) is 4.04. The molecule has 1 aliphatic carbocycles. The third-order valence-electron chi connectivity index (χ3n) is 3.58. The Morgan fingerprint density at radius 2 is 2.32 bits per heavy atom. The lowest BCUT2D eigenvalue weighted by Crippen LogP contribution is -2.48. The number of nitrogens with zero attached hydrogens (tertiary/aromatic N) is 3. The monoisotopic (exact) mass is 280 g/mol. The summed E-state index contributed by atoms with van der Waals surface area (Å²) >= 11 is 6.46. The number of hydrogen-bond donors (Lipinski definition) is 1. The van der Waals surface area contributed by atoms with Gasteiger partial charge in [0, 0.05) is 18.3 Å². The lowest BCUT2D eigenvalue weighted by atomic mass is 9.92. The molecule has 2 heterocycles. The highest BCUT2D eigenvalue weighted by Crippen LogP contribution is 2.29. The zero-order valence-corrected chi connectivity index (χ0v) is 11.3. The number of aromatic nitrogens is 1. The lowest BCUT2D eigenvalue weighted by Gasteiger charge is -2.36. The van der Waals surface area contributed by atoms with Gasteiger partial charge in [0.2, 0.25) is 5.88 Å². The fourth-order valence-electron chi connectivity index (χ4n) is 2.56. The molecule has 1 N–H and O–H groups in total. The maximum atomic E-state index is 6.46. The van der Waals surface area contributed by atoms with Gasteiger partial charge in [-0.15, -0.1) is 11.6 Å². The van der Waals surface area contributed by atoms with Crippen LogP contribution in [0.15, 0.2) is 29.4 Å². The molecular weight excluding hydrogens is 264 g/mol. The summed E-state index contributed by atoms with van der Waals surface area (Å²) in [6.07, 6.45) is 6.39. The number of alkyl halides is 1.